The van der Waals surface area contributed by atoms with Crippen LogP contribution < -0.4 is 21.1 Å². The van der Waals surface area contributed by atoms with Crippen LogP contribution in [-0.4, -0.2) is 27.3 Å². The fourth-order valence-electron chi connectivity index (χ4n) is 2.19. The number of rotatable bonds is 4. The number of aromatic nitrogens is 2. The molecular formula is C17H16N4O4S. The number of thiazole rings is 1. The first-order chi connectivity index (χ1) is 12.5. The van der Waals surface area contributed by atoms with Crippen LogP contribution >= 0.6 is 11.3 Å². The van der Waals surface area contributed by atoms with E-state index in [1.165, 1.54) is 28.1 Å². The van der Waals surface area contributed by atoms with Gasteiger partial charge in [-0.05, 0) is 38.1 Å². The second-order valence-corrected chi connectivity index (χ2v) is 6.50. The minimum atomic E-state index is -0.740. The molecule has 2 aromatic heterocycles. The third-order valence-corrected chi connectivity index (χ3v) is 4.14. The lowest BCUT2D eigenvalue weighted by Gasteiger charge is -2.10. The van der Waals surface area contributed by atoms with Crippen molar-refractivity contribution < 1.29 is 14.3 Å². The van der Waals surface area contributed by atoms with Crippen LogP contribution in [0.3, 0.4) is 0 Å². The summed E-state index contributed by atoms with van der Waals surface area (Å²) in [5.74, 6) is -0.612. The quantitative estimate of drug-likeness (QED) is 0.678. The van der Waals surface area contributed by atoms with E-state index in [-0.39, 0.29) is 11.7 Å². The zero-order valence-corrected chi connectivity index (χ0v) is 14.9. The highest BCUT2D eigenvalue weighted by Crippen LogP contribution is 2.13. The van der Waals surface area contributed by atoms with E-state index >= 15 is 0 Å². The topological polar surface area (TPSA) is 102 Å². The Kier molecular flexibility index (Phi) is 4.99. The summed E-state index contributed by atoms with van der Waals surface area (Å²) in [4.78, 5) is 41.0. The van der Waals surface area contributed by atoms with Gasteiger partial charge in [0.25, 0.3) is 17.4 Å². The molecular weight excluding hydrogens is 356 g/mol. The molecule has 0 fully saturated rings. The summed E-state index contributed by atoms with van der Waals surface area (Å²) in [5.41, 5.74) is 4.17. The predicted octanol–water partition coefficient (Wildman–Crippen LogP) is 1.62. The number of hydrogen-bond acceptors (Lipinski definition) is 6. The zero-order chi connectivity index (χ0) is 18.7. The van der Waals surface area contributed by atoms with E-state index < -0.39 is 17.4 Å². The first kappa shape index (κ1) is 17.6. The first-order valence-corrected chi connectivity index (χ1v) is 8.66. The van der Waals surface area contributed by atoms with Gasteiger partial charge in [0.1, 0.15) is 11.3 Å². The molecule has 0 saturated carbocycles. The summed E-state index contributed by atoms with van der Waals surface area (Å²) in [5, 5.41) is 1.69. The van der Waals surface area contributed by atoms with Crippen molar-refractivity contribution in [3.63, 3.8) is 0 Å². The number of ether oxygens (including phenoxy) is 1. The van der Waals surface area contributed by atoms with Gasteiger partial charge in [0, 0.05) is 23.3 Å². The molecule has 2 N–H and O–H groups in total. The monoisotopic (exact) mass is 372 g/mol. The van der Waals surface area contributed by atoms with Gasteiger partial charge in [0.2, 0.25) is 0 Å². The highest BCUT2D eigenvalue weighted by Gasteiger charge is 2.15. The molecule has 2 heterocycles. The van der Waals surface area contributed by atoms with Crippen LogP contribution in [0.25, 0.3) is 4.96 Å². The molecule has 0 atom stereocenters. The van der Waals surface area contributed by atoms with Crippen molar-refractivity contribution in [1.82, 2.24) is 20.2 Å². The van der Waals surface area contributed by atoms with Gasteiger partial charge in [-0.25, -0.2) is 4.98 Å². The molecule has 8 nitrogen and oxygen atoms in total. The molecule has 0 bridgehead atoms. The van der Waals surface area contributed by atoms with E-state index in [1.807, 2.05) is 13.8 Å². The molecule has 2 amide bonds. The Morgan fingerprint density at radius 2 is 1.85 bits per heavy atom. The number of hydrazine groups is 1. The molecule has 0 aliphatic rings. The lowest BCUT2D eigenvalue weighted by atomic mass is 10.2. The van der Waals surface area contributed by atoms with Gasteiger partial charge in [-0.1, -0.05) is 0 Å². The molecule has 0 spiro atoms. The second kappa shape index (κ2) is 7.36. The Bertz CT molecular complexity index is 1010. The lowest BCUT2D eigenvalue weighted by molar-refractivity contribution is 0.0845. The summed E-state index contributed by atoms with van der Waals surface area (Å²) in [6, 6.07) is 6.48. The second-order valence-electron chi connectivity index (χ2n) is 5.63. The highest BCUT2D eigenvalue weighted by atomic mass is 32.1. The normalized spacial score (nSPS) is 10.7. The Morgan fingerprint density at radius 1 is 1.15 bits per heavy atom. The van der Waals surface area contributed by atoms with Crippen molar-refractivity contribution in [2.75, 3.05) is 0 Å². The van der Waals surface area contributed by atoms with E-state index in [9.17, 15) is 14.4 Å². The van der Waals surface area contributed by atoms with E-state index in [4.69, 9.17) is 4.74 Å². The number of benzene rings is 1. The van der Waals surface area contributed by atoms with Crippen LogP contribution in [0.5, 0.6) is 5.75 Å². The van der Waals surface area contributed by atoms with Crippen molar-refractivity contribution in [3.8, 4) is 5.75 Å². The van der Waals surface area contributed by atoms with Gasteiger partial charge in [0.05, 0.1) is 6.10 Å². The molecule has 0 radical (unpaired) electrons. The van der Waals surface area contributed by atoms with Crippen LogP contribution in [0.1, 0.15) is 34.6 Å². The average Bonchev–Trinajstić information content (AvgIpc) is 3.09. The standard InChI is InChI=1S/C17H16N4O4S/c1-10(2)25-12-5-3-11(4-6-12)14(22)19-20-15(23)13-9-18-17-21(16(13)24)7-8-26-17/h3-10H,1-2H3,(H,19,22)(H,20,23). The van der Waals surface area contributed by atoms with E-state index in [0.29, 0.717) is 16.3 Å². The predicted molar refractivity (Wildman–Crippen MR) is 96.5 cm³/mol. The summed E-state index contributed by atoms with van der Waals surface area (Å²) < 4.78 is 6.77. The van der Waals surface area contributed by atoms with Gasteiger partial charge in [-0.2, -0.15) is 0 Å². The minimum Gasteiger partial charge on any atom is -0.491 e. The highest BCUT2D eigenvalue weighted by molar-refractivity contribution is 7.15. The van der Waals surface area contributed by atoms with Crippen molar-refractivity contribution in [2.45, 2.75) is 20.0 Å². The largest absolute Gasteiger partial charge is 0.491 e. The average molecular weight is 372 g/mol. The number of nitrogens with zero attached hydrogens (tertiary/aromatic N) is 2. The van der Waals surface area contributed by atoms with Crippen LogP contribution in [0.15, 0.2) is 46.8 Å². The maximum absolute atomic E-state index is 12.2. The van der Waals surface area contributed by atoms with Gasteiger partial charge >= 0.3 is 0 Å². The first-order valence-electron chi connectivity index (χ1n) is 7.78. The number of carbonyl (C=O) groups excluding carboxylic acids is 2. The molecule has 26 heavy (non-hydrogen) atoms. The fourth-order valence-corrected chi connectivity index (χ4v) is 2.87. The van der Waals surface area contributed by atoms with Gasteiger partial charge in [-0.15, -0.1) is 11.3 Å². The molecule has 0 aliphatic heterocycles. The number of carbonyl (C=O) groups is 2. The van der Waals surface area contributed by atoms with Crippen molar-refractivity contribution >= 4 is 28.1 Å². The minimum absolute atomic E-state index is 0.0299. The summed E-state index contributed by atoms with van der Waals surface area (Å²) in [6.45, 7) is 3.81. The fraction of sp³-hybridized carbons (Fsp3) is 0.176. The SMILES string of the molecule is CC(C)Oc1ccc(C(=O)NNC(=O)c2cnc3sccn3c2=O)cc1. The Morgan fingerprint density at radius 3 is 2.54 bits per heavy atom. The Hall–Kier alpha value is -3.20. The van der Waals surface area contributed by atoms with Crippen LogP contribution in [0, 0.1) is 0 Å². The lowest BCUT2D eigenvalue weighted by Crippen LogP contribution is -2.43. The van der Waals surface area contributed by atoms with E-state index in [0.717, 1.165) is 0 Å². The molecule has 0 unspecified atom stereocenters. The Balaban J connectivity index is 1.65. The molecule has 9 heteroatoms. The third kappa shape index (κ3) is 3.72. The van der Waals surface area contributed by atoms with Crippen LogP contribution in [-0.2, 0) is 0 Å². The van der Waals surface area contributed by atoms with E-state index in [2.05, 4.69) is 15.8 Å². The van der Waals surface area contributed by atoms with Gasteiger partial charge < -0.3 is 4.74 Å². The molecule has 3 rings (SSSR count). The molecule has 3 aromatic rings. The van der Waals surface area contributed by atoms with Crippen molar-refractivity contribution in [2.24, 2.45) is 0 Å². The third-order valence-electron chi connectivity index (χ3n) is 3.37. The molecule has 0 saturated heterocycles. The number of amides is 2. The van der Waals surface area contributed by atoms with Gasteiger partial charge in [-0.3, -0.25) is 29.6 Å². The zero-order valence-electron chi connectivity index (χ0n) is 14.1. The number of hydrogen-bond donors (Lipinski definition) is 2. The molecule has 134 valence electrons. The smallest absolute Gasteiger partial charge is 0.276 e. The van der Waals surface area contributed by atoms with E-state index in [1.54, 1.807) is 29.6 Å². The maximum atomic E-state index is 12.2. The summed E-state index contributed by atoms with van der Waals surface area (Å²) in [7, 11) is 0. The molecule has 0 aliphatic carbocycles. The maximum Gasteiger partial charge on any atom is 0.276 e. The molecule has 1 aromatic carbocycles. The Labute approximate surface area is 152 Å². The number of nitrogens with one attached hydrogen (secondary N) is 2. The van der Waals surface area contributed by atoms with Crippen LogP contribution in [0.2, 0.25) is 0 Å². The van der Waals surface area contributed by atoms with Crippen LogP contribution in [0.4, 0.5) is 0 Å². The van der Waals surface area contributed by atoms with Crippen molar-refractivity contribution in [1.29, 1.82) is 0 Å². The van der Waals surface area contributed by atoms with Gasteiger partial charge in [0.15, 0.2) is 4.96 Å². The summed E-state index contributed by atoms with van der Waals surface area (Å²) in [6.07, 6.45) is 2.75. The summed E-state index contributed by atoms with van der Waals surface area (Å²) >= 11 is 1.28. The number of fused-ring (bicyclic) bond motifs is 1. The van der Waals surface area contributed by atoms with Crippen molar-refractivity contribution in [3.05, 3.63) is 63.5 Å².